The molecular formula is C46H38F2IrN2OSi-2. The van der Waals surface area contributed by atoms with Crippen molar-refractivity contribution in [3.63, 3.8) is 0 Å². The molecule has 0 amide bonds. The predicted molar refractivity (Wildman–Crippen MR) is 212 cm³/mol. The van der Waals surface area contributed by atoms with Crippen molar-refractivity contribution in [2.24, 2.45) is 0 Å². The van der Waals surface area contributed by atoms with E-state index < -0.39 is 19.7 Å². The van der Waals surface area contributed by atoms with Gasteiger partial charge < -0.3 is 14.4 Å². The van der Waals surface area contributed by atoms with Crippen LogP contribution in [0.1, 0.15) is 25.3 Å². The van der Waals surface area contributed by atoms with Crippen molar-refractivity contribution in [1.82, 2.24) is 9.97 Å². The van der Waals surface area contributed by atoms with Gasteiger partial charge in [0.2, 0.25) is 0 Å². The Labute approximate surface area is 324 Å². The van der Waals surface area contributed by atoms with E-state index in [0.717, 1.165) is 39.4 Å². The van der Waals surface area contributed by atoms with Crippen LogP contribution >= 0.6 is 0 Å². The number of rotatable bonds is 6. The van der Waals surface area contributed by atoms with Crippen LogP contribution in [0.25, 0.3) is 66.7 Å². The van der Waals surface area contributed by atoms with E-state index in [0.29, 0.717) is 28.2 Å². The van der Waals surface area contributed by atoms with Crippen LogP contribution < -0.4 is 5.19 Å². The molecule has 3 aromatic heterocycles. The molecule has 3 nitrogen and oxygen atoms in total. The minimum absolute atomic E-state index is 0. The summed E-state index contributed by atoms with van der Waals surface area (Å²) in [7, 11) is -1.28. The molecule has 0 fully saturated rings. The summed E-state index contributed by atoms with van der Waals surface area (Å²) < 4.78 is 33.7. The molecule has 267 valence electrons. The maximum Gasteiger partial charge on any atom is 0.133 e. The first kappa shape index (κ1) is 37.7. The number of benzene rings is 5. The zero-order chi connectivity index (χ0) is 36.4. The Morgan fingerprint density at radius 2 is 1.49 bits per heavy atom. The van der Waals surface area contributed by atoms with Crippen molar-refractivity contribution in [3.05, 3.63) is 163 Å². The van der Waals surface area contributed by atoms with Crippen molar-refractivity contribution < 1.29 is 33.3 Å². The van der Waals surface area contributed by atoms with E-state index in [9.17, 15) is 8.78 Å². The average molecular weight is 893 g/mol. The van der Waals surface area contributed by atoms with Crippen LogP contribution in [-0.2, 0) is 20.1 Å². The van der Waals surface area contributed by atoms with E-state index in [1.165, 1.54) is 34.0 Å². The SMILES string of the molecule is CC(C)c1ccnc(-c2[c-]ccc3c2oc2cc(-c4ccc(F)cc4F)ccc23)c1.C[Si](C)(C)c1ccc(-c2[c-]cc(-c3ccccc3)cc2)nc1.[Ir]. The second-order valence-electron chi connectivity index (χ2n) is 14.2. The number of pyridine rings is 2. The van der Waals surface area contributed by atoms with Crippen LogP contribution in [0.4, 0.5) is 8.78 Å². The van der Waals surface area contributed by atoms with Crippen LogP contribution in [0, 0.1) is 23.8 Å². The molecule has 53 heavy (non-hydrogen) atoms. The zero-order valence-electron chi connectivity index (χ0n) is 30.2. The summed E-state index contributed by atoms with van der Waals surface area (Å²) >= 11 is 0. The number of hydrogen-bond donors (Lipinski definition) is 0. The average Bonchev–Trinajstić information content (AvgIpc) is 3.53. The molecule has 8 rings (SSSR count). The predicted octanol–water partition coefficient (Wildman–Crippen LogP) is 12.3. The van der Waals surface area contributed by atoms with Crippen LogP contribution in [-0.4, -0.2) is 18.0 Å². The van der Waals surface area contributed by atoms with Crippen molar-refractivity contribution >= 4 is 35.2 Å². The maximum atomic E-state index is 14.2. The van der Waals surface area contributed by atoms with E-state index >= 15 is 0 Å². The fraction of sp³-hybridized carbons (Fsp3) is 0.130. The van der Waals surface area contributed by atoms with Crippen molar-refractivity contribution in [2.75, 3.05) is 0 Å². The van der Waals surface area contributed by atoms with Crippen LogP contribution in [0.5, 0.6) is 0 Å². The molecule has 5 aromatic carbocycles. The Bertz CT molecular complexity index is 2490. The van der Waals surface area contributed by atoms with Gasteiger partial charge in [-0.05, 0) is 52.3 Å². The largest absolute Gasteiger partial charge is 0.501 e. The van der Waals surface area contributed by atoms with E-state index in [2.05, 4.69) is 110 Å². The smallest absolute Gasteiger partial charge is 0.133 e. The quantitative estimate of drug-likeness (QED) is 0.123. The van der Waals surface area contributed by atoms with Crippen molar-refractivity contribution in [1.29, 1.82) is 0 Å². The first-order chi connectivity index (χ1) is 25.0. The number of fused-ring (bicyclic) bond motifs is 3. The molecule has 0 saturated heterocycles. The fourth-order valence-corrected chi connectivity index (χ4v) is 7.19. The van der Waals surface area contributed by atoms with Gasteiger partial charge in [-0.15, -0.1) is 48.0 Å². The molecule has 0 saturated carbocycles. The Hall–Kier alpha value is -5.07. The van der Waals surface area contributed by atoms with Gasteiger partial charge in [0.15, 0.2) is 0 Å². The van der Waals surface area contributed by atoms with Gasteiger partial charge in [0.05, 0.1) is 13.7 Å². The summed E-state index contributed by atoms with van der Waals surface area (Å²) in [6.45, 7) is 11.3. The number of furan rings is 1. The molecule has 0 aliphatic rings. The Morgan fingerprint density at radius 1 is 0.698 bits per heavy atom. The molecule has 0 spiro atoms. The molecule has 1 radical (unpaired) electrons. The van der Waals surface area contributed by atoms with Gasteiger partial charge in [-0.3, -0.25) is 0 Å². The Morgan fingerprint density at radius 3 is 2.17 bits per heavy atom. The number of hydrogen-bond acceptors (Lipinski definition) is 3. The Balaban J connectivity index is 0.000000187. The fourth-order valence-electron chi connectivity index (χ4n) is 6.16. The van der Waals surface area contributed by atoms with Crippen LogP contribution in [0.2, 0.25) is 19.6 Å². The molecule has 0 atom stereocenters. The van der Waals surface area contributed by atoms with Crippen LogP contribution in [0.3, 0.4) is 0 Å². The summed E-state index contributed by atoms with van der Waals surface area (Å²) in [6, 6.07) is 44.6. The molecule has 0 aliphatic carbocycles. The number of halogens is 2. The third-order valence-corrected chi connectivity index (χ3v) is 11.2. The standard InChI is InChI=1S/C26H18F2NO.C20H20NSi.Ir/c1-15(2)16-10-11-29-24(12-16)22-5-3-4-21-20-8-6-17(13-25(20)30-26(21)22)19-9-7-18(27)14-23(19)28;1-22(2,3)19-13-14-20(21-15-19)18-11-9-17(10-12-18)16-7-5-4-6-8-16;/h3-4,6-15H,1-2H3;4-11,13-15H,1-3H3;/q2*-1;. The Kier molecular flexibility index (Phi) is 11.3. The van der Waals surface area contributed by atoms with Gasteiger partial charge in [0, 0.05) is 49.5 Å². The van der Waals surface area contributed by atoms with Crippen LogP contribution in [0.15, 0.2) is 138 Å². The van der Waals surface area contributed by atoms with Crippen molar-refractivity contribution in [2.45, 2.75) is 39.4 Å². The summed E-state index contributed by atoms with van der Waals surface area (Å²) in [5.41, 5.74) is 9.50. The van der Waals surface area contributed by atoms with Gasteiger partial charge in [-0.2, -0.15) is 0 Å². The van der Waals surface area contributed by atoms with E-state index in [-0.39, 0.29) is 20.1 Å². The third kappa shape index (κ3) is 8.28. The molecular weight excluding hydrogens is 855 g/mol. The molecule has 0 bridgehead atoms. The molecule has 0 aliphatic heterocycles. The molecule has 8 aromatic rings. The second kappa shape index (κ2) is 15.9. The van der Waals surface area contributed by atoms with E-state index in [1.54, 1.807) is 12.3 Å². The topological polar surface area (TPSA) is 38.9 Å². The molecule has 0 N–H and O–H groups in total. The second-order valence-corrected chi connectivity index (χ2v) is 19.3. The minimum atomic E-state index is -1.28. The molecule has 3 heterocycles. The number of aromatic nitrogens is 2. The summed E-state index contributed by atoms with van der Waals surface area (Å²) in [6.07, 6.45) is 3.83. The third-order valence-electron chi connectivity index (χ3n) is 9.21. The first-order valence-corrected chi connectivity index (χ1v) is 20.9. The summed E-state index contributed by atoms with van der Waals surface area (Å²) in [4.78, 5) is 9.14. The van der Waals surface area contributed by atoms with Gasteiger partial charge in [0.1, 0.15) is 17.2 Å². The van der Waals surface area contributed by atoms with Crippen molar-refractivity contribution in [3.8, 4) is 44.8 Å². The molecule has 0 unspecified atom stereocenters. The zero-order valence-corrected chi connectivity index (χ0v) is 33.6. The summed E-state index contributed by atoms with van der Waals surface area (Å²) in [5.74, 6) is -0.818. The maximum absolute atomic E-state index is 14.2. The first-order valence-electron chi connectivity index (χ1n) is 17.4. The van der Waals surface area contributed by atoms with E-state index in [4.69, 9.17) is 4.42 Å². The minimum Gasteiger partial charge on any atom is -0.501 e. The van der Waals surface area contributed by atoms with Gasteiger partial charge in [0.25, 0.3) is 0 Å². The number of nitrogens with zero attached hydrogens (tertiary/aromatic N) is 2. The van der Waals surface area contributed by atoms with Gasteiger partial charge in [-0.25, -0.2) is 8.78 Å². The monoisotopic (exact) mass is 893 g/mol. The molecule has 7 heteroatoms. The summed E-state index contributed by atoms with van der Waals surface area (Å²) in [5, 5.41) is 3.25. The normalized spacial score (nSPS) is 11.3. The van der Waals surface area contributed by atoms with Gasteiger partial charge in [-0.1, -0.05) is 122 Å². The van der Waals surface area contributed by atoms with E-state index in [1.807, 2.05) is 48.7 Å². The van der Waals surface area contributed by atoms with Gasteiger partial charge >= 0.3 is 0 Å².